The predicted molar refractivity (Wildman–Crippen MR) is 77.7 cm³/mol. The zero-order valence-corrected chi connectivity index (χ0v) is 12.7. The average Bonchev–Trinajstić information content (AvgIpc) is 2.92. The number of carboxylic acids is 1. The number of thiophene rings is 1. The molecule has 0 unspecified atom stereocenters. The van der Waals surface area contributed by atoms with Crippen molar-refractivity contribution in [1.29, 1.82) is 0 Å². The first kappa shape index (κ1) is 17.1. The van der Waals surface area contributed by atoms with E-state index in [0.717, 1.165) is 11.3 Å². The molecule has 2 amide bonds. The molecule has 0 aliphatic rings. The van der Waals surface area contributed by atoms with Crippen molar-refractivity contribution in [1.82, 2.24) is 10.2 Å². The van der Waals surface area contributed by atoms with Gasteiger partial charge >= 0.3 is 5.97 Å². The van der Waals surface area contributed by atoms with E-state index in [1.54, 1.807) is 7.11 Å². The number of nitrogens with one attached hydrogen (secondary N) is 1. The highest BCUT2D eigenvalue weighted by Gasteiger charge is 2.18. The molecule has 1 heterocycles. The number of amides is 2. The molecule has 0 aromatic carbocycles. The summed E-state index contributed by atoms with van der Waals surface area (Å²) >= 11 is 0.890. The van der Waals surface area contributed by atoms with Crippen LogP contribution in [0.15, 0.2) is 12.1 Å². The lowest BCUT2D eigenvalue weighted by molar-refractivity contribution is -0.121. The minimum Gasteiger partial charge on any atom is -0.477 e. The Labute approximate surface area is 126 Å². The molecule has 0 atom stereocenters. The normalized spacial score (nSPS) is 10.2. The third-order valence-corrected chi connectivity index (χ3v) is 3.66. The number of rotatable bonds is 8. The van der Waals surface area contributed by atoms with Crippen LogP contribution in [0, 0.1) is 0 Å². The van der Waals surface area contributed by atoms with Crippen molar-refractivity contribution in [3.05, 3.63) is 21.9 Å². The van der Waals surface area contributed by atoms with Gasteiger partial charge in [-0.2, -0.15) is 0 Å². The highest BCUT2D eigenvalue weighted by molar-refractivity contribution is 7.15. The fraction of sp³-hybridized carbons (Fsp3) is 0.462. The first-order chi connectivity index (χ1) is 9.95. The molecule has 8 heteroatoms. The van der Waals surface area contributed by atoms with Crippen LogP contribution in [0.2, 0.25) is 0 Å². The molecule has 21 heavy (non-hydrogen) atoms. The number of likely N-dealkylation sites (N-methyl/N-ethyl adjacent to an activating group) is 1. The summed E-state index contributed by atoms with van der Waals surface area (Å²) in [5.41, 5.74) is 0. The van der Waals surface area contributed by atoms with Crippen molar-refractivity contribution in [2.24, 2.45) is 0 Å². The summed E-state index contributed by atoms with van der Waals surface area (Å²) in [5, 5.41) is 11.5. The molecule has 116 valence electrons. The zero-order chi connectivity index (χ0) is 15.8. The Kier molecular flexibility index (Phi) is 6.83. The molecule has 0 radical (unpaired) electrons. The minimum atomic E-state index is -1.07. The van der Waals surface area contributed by atoms with E-state index < -0.39 is 5.97 Å². The lowest BCUT2D eigenvalue weighted by atomic mass is 10.3. The first-order valence-corrected chi connectivity index (χ1v) is 7.11. The Balaban J connectivity index is 2.46. The third kappa shape index (κ3) is 5.52. The summed E-state index contributed by atoms with van der Waals surface area (Å²) in [6, 6.07) is 2.82. The third-order valence-electron chi connectivity index (χ3n) is 2.60. The van der Waals surface area contributed by atoms with Crippen molar-refractivity contribution < 1.29 is 24.2 Å². The lowest BCUT2D eigenvalue weighted by Crippen LogP contribution is -2.38. The number of nitrogens with zero attached hydrogens (tertiary/aromatic N) is 1. The highest BCUT2D eigenvalue weighted by atomic mass is 32.1. The van der Waals surface area contributed by atoms with Crippen LogP contribution in [-0.2, 0) is 9.53 Å². The largest absolute Gasteiger partial charge is 0.477 e. The second-order valence-corrected chi connectivity index (χ2v) is 5.41. The van der Waals surface area contributed by atoms with Gasteiger partial charge in [0.2, 0.25) is 5.91 Å². The van der Waals surface area contributed by atoms with E-state index in [9.17, 15) is 14.4 Å². The van der Waals surface area contributed by atoms with Crippen molar-refractivity contribution in [2.45, 2.75) is 6.42 Å². The zero-order valence-electron chi connectivity index (χ0n) is 11.9. The predicted octanol–water partition coefficient (Wildman–Crippen LogP) is 0.671. The van der Waals surface area contributed by atoms with Gasteiger partial charge in [-0.15, -0.1) is 11.3 Å². The summed E-state index contributed by atoms with van der Waals surface area (Å²) in [6.07, 6.45) is 0.701. The smallest absolute Gasteiger partial charge is 0.345 e. The van der Waals surface area contributed by atoms with Crippen molar-refractivity contribution >= 4 is 29.1 Å². The maximum Gasteiger partial charge on any atom is 0.345 e. The molecule has 0 saturated carbocycles. The molecule has 1 aromatic rings. The van der Waals surface area contributed by atoms with Crippen LogP contribution in [0.3, 0.4) is 0 Å². The van der Waals surface area contributed by atoms with E-state index in [4.69, 9.17) is 9.84 Å². The second-order valence-electron chi connectivity index (χ2n) is 4.33. The first-order valence-electron chi connectivity index (χ1n) is 6.30. The molecule has 2 N–H and O–H groups in total. The van der Waals surface area contributed by atoms with Gasteiger partial charge in [0.05, 0.1) is 11.4 Å². The molecule has 0 aliphatic carbocycles. The number of hydrogen-bond acceptors (Lipinski definition) is 5. The van der Waals surface area contributed by atoms with Crippen LogP contribution >= 0.6 is 11.3 Å². The highest BCUT2D eigenvalue weighted by Crippen LogP contribution is 2.17. The Morgan fingerprint density at radius 3 is 2.57 bits per heavy atom. The topological polar surface area (TPSA) is 95.9 Å². The van der Waals surface area contributed by atoms with Gasteiger partial charge in [-0.3, -0.25) is 9.59 Å². The molecule has 7 nitrogen and oxygen atoms in total. The fourth-order valence-corrected chi connectivity index (χ4v) is 2.38. The molecule has 0 fully saturated rings. The molecular formula is C13H18N2O5S. The van der Waals surface area contributed by atoms with Crippen LogP contribution in [-0.4, -0.2) is 61.6 Å². The summed E-state index contributed by atoms with van der Waals surface area (Å²) in [7, 11) is 3.08. The standard InChI is InChI=1S/C13H18N2O5S/c1-15(8-11(16)14-6-3-7-20-2)12(17)9-4-5-10(21-9)13(18)19/h4-5H,3,6-8H2,1-2H3,(H,14,16)(H,18,19). The monoisotopic (exact) mass is 314 g/mol. The van der Waals surface area contributed by atoms with Gasteiger partial charge in [0.25, 0.3) is 5.91 Å². The maximum absolute atomic E-state index is 12.0. The van der Waals surface area contributed by atoms with Crippen molar-refractivity contribution in [2.75, 3.05) is 33.9 Å². The number of aromatic carboxylic acids is 1. The molecule has 1 aromatic heterocycles. The van der Waals surface area contributed by atoms with Gasteiger partial charge in [0, 0.05) is 27.3 Å². The molecule has 0 saturated heterocycles. The van der Waals surface area contributed by atoms with Gasteiger partial charge in [-0.1, -0.05) is 0 Å². The molecular weight excluding hydrogens is 296 g/mol. The van der Waals surface area contributed by atoms with E-state index in [2.05, 4.69) is 5.32 Å². The molecule has 0 aliphatic heterocycles. The maximum atomic E-state index is 12.0. The summed E-state index contributed by atoms with van der Waals surface area (Å²) in [5.74, 6) is -1.71. The quantitative estimate of drug-likeness (QED) is 0.688. The number of ether oxygens (including phenoxy) is 1. The summed E-state index contributed by atoms with van der Waals surface area (Å²) in [6.45, 7) is 0.963. The van der Waals surface area contributed by atoms with Crippen LogP contribution in [0.1, 0.15) is 25.8 Å². The van der Waals surface area contributed by atoms with E-state index >= 15 is 0 Å². The number of carboxylic acid groups (broad SMARTS) is 1. The van der Waals surface area contributed by atoms with Crippen molar-refractivity contribution in [3.8, 4) is 0 Å². The Morgan fingerprint density at radius 2 is 2.00 bits per heavy atom. The Hall–Kier alpha value is -1.93. The fourth-order valence-electron chi connectivity index (χ4n) is 1.54. The number of carbonyl (C=O) groups is 3. The van der Waals surface area contributed by atoms with Gasteiger partial charge in [0.1, 0.15) is 4.88 Å². The van der Waals surface area contributed by atoms with E-state index in [1.165, 1.54) is 24.1 Å². The van der Waals surface area contributed by atoms with E-state index in [0.29, 0.717) is 24.4 Å². The van der Waals surface area contributed by atoms with Gasteiger partial charge in [0.15, 0.2) is 0 Å². The van der Waals surface area contributed by atoms with Gasteiger partial charge in [-0.25, -0.2) is 4.79 Å². The molecule has 0 bridgehead atoms. The Bertz CT molecular complexity index is 514. The van der Waals surface area contributed by atoms with Gasteiger partial charge < -0.3 is 20.1 Å². The number of carbonyl (C=O) groups excluding carboxylic acids is 2. The van der Waals surface area contributed by atoms with E-state index in [1.807, 2.05) is 0 Å². The number of hydrogen-bond donors (Lipinski definition) is 2. The summed E-state index contributed by atoms with van der Waals surface area (Å²) in [4.78, 5) is 36.1. The average molecular weight is 314 g/mol. The lowest BCUT2D eigenvalue weighted by Gasteiger charge is -2.15. The minimum absolute atomic E-state index is 0.0773. The van der Waals surface area contributed by atoms with Crippen LogP contribution in [0.5, 0.6) is 0 Å². The SMILES string of the molecule is COCCCNC(=O)CN(C)C(=O)c1ccc(C(=O)O)s1. The van der Waals surface area contributed by atoms with Crippen LogP contribution < -0.4 is 5.32 Å². The number of methoxy groups -OCH3 is 1. The van der Waals surface area contributed by atoms with Crippen LogP contribution in [0.4, 0.5) is 0 Å². The van der Waals surface area contributed by atoms with Crippen LogP contribution in [0.25, 0.3) is 0 Å². The summed E-state index contributed by atoms with van der Waals surface area (Å²) < 4.78 is 4.86. The Morgan fingerprint density at radius 1 is 1.33 bits per heavy atom. The molecule has 1 rings (SSSR count). The second kappa shape index (κ2) is 8.38. The van der Waals surface area contributed by atoms with E-state index in [-0.39, 0.29) is 23.2 Å². The van der Waals surface area contributed by atoms with Gasteiger partial charge in [-0.05, 0) is 18.6 Å². The van der Waals surface area contributed by atoms with Crippen molar-refractivity contribution in [3.63, 3.8) is 0 Å². The molecule has 0 spiro atoms.